The summed E-state index contributed by atoms with van der Waals surface area (Å²) in [6, 6.07) is 14.6. The van der Waals surface area contributed by atoms with E-state index in [1.807, 2.05) is 43.4 Å². The molecule has 0 atom stereocenters. The summed E-state index contributed by atoms with van der Waals surface area (Å²) in [5.74, 6) is 0.475. The number of nitrogens with zero attached hydrogens (tertiary/aromatic N) is 2. The molecule has 3 aromatic rings. The molecule has 1 heterocycles. The molecule has 4 N–H and O–H groups in total. The summed E-state index contributed by atoms with van der Waals surface area (Å²) in [5, 5.41) is 16.6. The Hall–Kier alpha value is -3.35. The van der Waals surface area contributed by atoms with Gasteiger partial charge in [-0.15, -0.1) is 0 Å². The van der Waals surface area contributed by atoms with Crippen LogP contribution in [0, 0.1) is 5.41 Å². The van der Waals surface area contributed by atoms with Gasteiger partial charge in [-0.1, -0.05) is 12.1 Å². The van der Waals surface area contributed by atoms with Crippen LogP contribution in [0.1, 0.15) is 0 Å². The van der Waals surface area contributed by atoms with E-state index in [0.717, 1.165) is 16.7 Å². The lowest BCUT2D eigenvalue weighted by molar-refractivity contribution is 0.254. The molecule has 7 heteroatoms. The summed E-state index contributed by atoms with van der Waals surface area (Å²) >= 11 is 0. The molecule has 0 fully saturated rings. The Morgan fingerprint density at radius 2 is 1.75 bits per heavy atom. The van der Waals surface area contributed by atoms with Crippen LogP contribution in [0.25, 0.3) is 11.0 Å². The van der Waals surface area contributed by atoms with E-state index in [2.05, 4.69) is 20.9 Å². The highest BCUT2D eigenvalue weighted by Crippen LogP contribution is 2.17. The number of rotatable bonds is 3. The molecule has 2 amide bonds. The Balaban J connectivity index is 1.88. The standard InChI is InChI=1S/C17H18N6O/c1-19-17(24)21-12-9-7-11(8-10-12)20-16-15(18)23(2)14-6-4-3-5-13(14)22-16/h3-10,18H,1-2H3,(H,20,22)(H2,19,21,24). The Morgan fingerprint density at radius 1 is 1.08 bits per heavy atom. The minimum atomic E-state index is -0.271. The molecule has 0 radical (unpaired) electrons. The summed E-state index contributed by atoms with van der Waals surface area (Å²) in [5.41, 5.74) is 3.48. The lowest BCUT2D eigenvalue weighted by Gasteiger charge is -2.12. The second-order valence-corrected chi connectivity index (χ2v) is 5.26. The van der Waals surface area contributed by atoms with E-state index in [1.54, 1.807) is 23.7 Å². The first kappa shape index (κ1) is 15.5. The normalized spacial score (nSPS) is 10.4. The summed E-state index contributed by atoms with van der Waals surface area (Å²) in [7, 11) is 3.40. The predicted molar refractivity (Wildman–Crippen MR) is 94.4 cm³/mol. The molecule has 2 aromatic carbocycles. The molecule has 1 aromatic heterocycles. The summed E-state index contributed by atoms with van der Waals surface area (Å²) in [4.78, 5) is 15.8. The molecular weight excluding hydrogens is 304 g/mol. The Morgan fingerprint density at radius 3 is 2.46 bits per heavy atom. The Bertz CT molecular complexity index is 945. The molecule has 3 rings (SSSR count). The van der Waals surface area contributed by atoms with Crippen LogP contribution < -0.4 is 21.4 Å². The Labute approximate surface area is 138 Å². The molecule has 24 heavy (non-hydrogen) atoms. The van der Waals surface area contributed by atoms with Crippen molar-refractivity contribution in [2.75, 3.05) is 17.7 Å². The number of aromatic nitrogens is 2. The SMILES string of the molecule is CNC(=O)Nc1ccc(Nc2nc3ccccc3n(C)c2=N)cc1. The number of hydrogen-bond acceptors (Lipinski definition) is 4. The van der Waals surface area contributed by atoms with E-state index in [0.29, 0.717) is 17.0 Å². The average Bonchev–Trinajstić information content (AvgIpc) is 2.61. The molecular formula is C17H18N6O. The van der Waals surface area contributed by atoms with Crippen molar-refractivity contribution < 1.29 is 4.79 Å². The number of urea groups is 1. The number of hydrogen-bond donors (Lipinski definition) is 4. The number of carbonyl (C=O) groups excluding carboxylic acids is 1. The minimum absolute atomic E-state index is 0.271. The van der Waals surface area contributed by atoms with Gasteiger partial charge in [0.2, 0.25) is 0 Å². The van der Waals surface area contributed by atoms with Gasteiger partial charge in [0.15, 0.2) is 11.3 Å². The molecule has 0 bridgehead atoms. The number of carbonyl (C=O) groups is 1. The maximum absolute atomic E-state index is 11.3. The van der Waals surface area contributed by atoms with E-state index >= 15 is 0 Å². The van der Waals surface area contributed by atoms with Gasteiger partial charge in [-0.25, -0.2) is 9.78 Å². The third kappa shape index (κ3) is 3.05. The van der Waals surface area contributed by atoms with Crippen LogP contribution in [-0.4, -0.2) is 22.6 Å². The van der Waals surface area contributed by atoms with Crippen molar-refractivity contribution in [2.24, 2.45) is 7.05 Å². The fourth-order valence-corrected chi connectivity index (χ4v) is 2.35. The molecule has 122 valence electrons. The summed E-state index contributed by atoms with van der Waals surface area (Å²) < 4.78 is 1.78. The van der Waals surface area contributed by atoms with E-state index in [9.17, 15) is 4.79 Å². The van der Waals surface area contributed by atoms with Gasteiger partial charge >= 0.3 is 6.03 Å². The molecule has 0 saturated carbocycles. The fourth-order valence-electron chi connectivity index (χ4n) is 2.35. The van der Waals surface area contributed by atoms with Crippen LogP contribution in [0.4, 0.5) is 22.0 Å². The topological polar surface area (TPSA) is 94.8 Å². The van der Waals surface area contributed by atoms with Crippen LogP contribution in [-0.2, 0) is 7.05 Å². The summed E-state index contributed by atoms with van der Waals surface area (Å²) in [6.45, 7) is 0. The van der Waals surface area contributed by atoms with Crippen LogP contribution in [0.2, 0.25) is 0 Å². The van der Waals surface area contributed by atoms with Crippen molar-refractivity contribution in [3.63, 3.8) is 0 Å². The first-order valence-electron chi connectivity index (χ1n) is 7.44. The zero-order chi connectivity index (χ0) is 17.1. The molecule has 7 nitrogen and oxygen atoms in total. The monoisotopic (exact) mass is 322 g/mol. The van der Waals surface area contributed by atoms with Crippen molar-refractivity contribution >= 4 is 34.3 Å². The highest BCUT2D eigenvalue weighted by atomic mass is 16.2. The first-order valence-corrected chi connectivity index (χ1v) is 7.44. The van der Waals surface area contributed by atoms with Gasteiger partial charge in [0.1, 0.15) is 0 Å². The first-order chi connectivity index (χ1) is 11.6. The number of benzene rings is 2. The van der Waals surface area contributed by atoms with Crippen molar-refractivity contribution in [2.45, 2.75) is 0 Å². The van der Waals surface area contributed by atoms with Crippen molar-refractivity contribution in [3.8, 4) is 0 Å². The van der Waals surface area contributed by atoms with E-state index in [-0.39, 0.29) is 6.03 Å². The lowest BCUT2D eigenvalue weighted by atomic mass is 10.2. The summed E-state index contributed by atoms with van der Waals surface area (Å²) in [6.07, 6.45) is 0. The minimum Gasteiger partial charge on any atom is -0.341 e. The van der Waals surface area contributed by atoms with Gasteiger partial charge in [0.25, 0.3) is 0 Å². The third-order valence-electron chi connectivity index (χ3n) is 3.67. The van der Waals surface area contributed by atoms with Crippen LogP contribution in [0.5, 0.6) is 0 Å². The average molecular weight is 322 g/mol. The molecule has 0 unspecified atom stereocenters. The van der Waals surface area contributed by atoms with Crippen LogP contribution in [0.15, 0.2) is 48.5 Å². The second-order valence-electron chi connectivity index (χ2n) is 5.26. The third-order valence-corrected chi connectivity index (χ3v) is 3.67. The smallest absolute Gasteiger partial charge is 0.318 e. The number of fused-ring (bicyclic) bond motifs is 1. The van der Waals surface area contributed by atoms with E-state index < -0.39 is 0 Å². The molecule has 0 saturated heterocycles. The quantitative estimate of drug-likeness (QED) is 0.597. The molecule has 0 spiro atoms. The number of nitrogens with one attached hydrogen (secondary N) is 4. The van der Waals surface area contributed by atoms with Crippen LogP contribution >= 0.6 is 0 Å². The zero-order valence-electron chi connectivity index (χ0n) is 13.4. The Kier molecular flexibility index (Phi) is 4.15. The largest absolute Gasteiger partial charge is 0.341 e. The number of anilines is 3. The van der Waals surface area contributed by atoms with Crippen molar-refractivity contribution in [3.05, 3.63) is 54.0 Å². The van der Waals surface area contributed by atoms with E-state index in [4.69, 9.17) is 5.41 Å². The van der Waals surface area contributed by atoms with Crippen molar-refractivity contribution in [1.29, 1.82) is 5.41 Å². The van der Waals surface area contributed by atoms with Gasteiger partial charge in [-0.2, -0.15) is 0 Å². The zero-order valence-corrected chi connectivity index (χ0v) is 13.4. The van der Waals surface area contributed by atoms with Crippen LogP contribution in [0.3, 0.4) is 0 Å². The van der Waals surface area contributed by atoms with Gasteiger partial charge in [-0.05, 0) is 36.4 Å². The highest BCUT2D eigenvalue weighted by molar-refractivity contribution is 5.89. The molecule has 0 aliphatic rings. The van der Waals surface area contributed by atoms with Gasteiger partial charge < -0.3 is 20.5 Å². The molecule has 0 aliphatic carbocycles. The predicted octanol–water partition coefficient (Wildman–Crippen LogP) is 2.55. The maximum atomic E-state index is 11.3. The van der Waals surface area contributed by atoms with Gasteiger partial charge in [0, 0.05) is 25.5 Å². The highest BCUT2D eigenvalue weighted by Gasteiger charge is 2.06. The number of para-hydroxylation sites is 2. The second kappa shape index (κ2) is 6.41. The fraction of sp³-hybridized carbons (Fsp3) is 0.118. The number of amides is 2. The molecule has 0 aliphatic heterocycles. The van der Waals surface area contributed by atoms with Gasteiger partial charge in [-0.3, -0.25) is 5.41 Å². The van der Waals surface area contributed by atoms with E-state index in [1.165, 1.54) is 0 Å². The van der Waals surface area contributed by atoms with Gasteiger partial charge in [0.05, 0.1) is 11.0 Å². The number of aryl methyl sites for hydroxylation is 1. The maximum Gasteiger partial charge on any atom is 0.318 e. The van der Waals surface area contributed by atoms with Crippen molar-refractivity contribution in [1.82, 2.24) is 14.9 Å². The lowest BCUT2D eigenvalue weighted by Crippen LogP contribution is -2.24.